The van der Waals surface area contributed by atoms with E-state index in [0.29, 0.717) is 29.2 Å². The van der Waals surface area contributed by atoms with Gasteiger partial charge in [0.15, 0.2) is 0 Å². The molecule has 39 heavy (non-hydrogen) atoms. The maximum absolute atomic E-state index is 13.7. The number of hydrogen-bond donors (Lipinski definition) is 1. The van der Waals surface area contributed by atoms with Crippen molar-refractivity contribution >= 4 is 31.9 Å². The zero-order valence-electron chi connectivity index (χ0n) is 21.4. The van der Waals surface area contributed by atoms with Gasteiger partial charge in [-0.3, -0.25) is 4.68 Å². The first-order valence-corrected chi connectivity index (χ1v) is 14.9. The quantitative estimate of drug-likeness (QED) is 0.348. The Labute approximate surface area is 234 Å². The Balaban J connectivity index is 1.33. The minimum Gasteiger partial charge on any atom is -0.478 e. The van der Waals surface area contributed by atoms with Gasteiger partial charge < -0.3 is 5.11 Å². The average molecular weight is 612 g/mol. The second-order valence-electron chi connectivity index (χ2n) is 10.5. The third-order valence-corrected chi connectivity index (χ3v) is 9.81. The predicted molar refractivity (Wildman–Crippen MR) is 146 cm³/mol. The predicted octanol–water partition coefficient (Wildman–Crippen LogP) is 4.12. The largest absolute Gasteiger partial charge is 0.478 e. The number of hydrogen-bond acceptors (Lipinski definition) is 6. The molecule has 0 radical (unpaired) electrons. The van der Waals surface area contributed by atoms with E-state index in [1.165, 1.54) is 10.5 Å². The highest BCUT2D eigenvalue weighted by Gasteiger charge is 2.46. The van der Waals surface area contributed by atoms with Crippen LogP contribution in [0.15, 0.2) is 64.2 Å². The first-order valence-electron chi connectivity index (χ1n) is 12.7. The van der Waals surface area contributed by atoms with Gasteiger partial charge >= 0.3 is 5.97 Å². The monoisotopic (exact) mass is 610 g/mol. The SMILES string of the molecule is CC1Cc2ccc(Br)cc2S(=O)(=O)N(Cc2cccc(-n3ncc(C(=O)O)c3[C@@H]3C[C@H]3c3cn(C)nn3)c2)C1. The summed E-state index contributed by atoms with van der Waals surface area (Å²) in [6.07, 6.45) is 4.67. The molecule has 1 fully saturated rings. The zero-order valence-corrected chi connectivity index (χ0v) is 23.8. The van der Waals surface area contributed by atoms with Crippen LogP contribution in [0.5, 0.6) is 0 Å². The number of carboxylic acids is 1. The highest BCUT2D eigenvalue weighted by molar-refractivity contribution is 9.10. The Bertz CT molecular complexity index is 1700. The van der Waals surface area contributed by atoms with E-state index in [-0.39, 0.29) is 29.9 Å². The summed E-state index contributed by atoms with van der Waals surface area (Å²) in [6.45, 7) is 2.65. The second-order valence-corrected chi connectivity index (χ2v) is 13.3. The summed E-state index contributed by atoms with van der Waals surface area (Å²) in [6, 6.07) is 12.9. The lowest BCUT2D eigenvalue weighted by atomic mass is 10.0. The van der Waals surface area contributed by atoms with Gasteiger partial charge in [0.05, 0.1) is 28.2 Å². The molecule has 0 spiro atoms. The van der Waals surface area contributed by atoms with Crippen molar-refractivity contribution in [2.45, 2.75) is 43.0 Å². The number of aryl methyl sites for hydroxylation is 1. The molecule has 1 N–H and O–H groups in total. The number of carbonyl (C=O) groups is 1. The lowest BCUT2D eigenvalue weighted by Gasteiger charge is -2.23. The van der Waals surface area contributed by atoms with Gasteiger partial charge in [-0.15, -0.1) is 5.10 Å². The van der Waals surface area contributed by atoms with Crippen LogP contribution in [0.3, 0.4) is 0 Å². The summed E-state index contributed by atoms with van der Waals surface area (Å²) in [5, 5.41) is 22.6. The zero-order chi connectivity index (χ0) is 27.5. The van der Waals surface area contributed by atoms with E-state index < -0.39 is 16.0 Å². The maximum Gasteiger partial charge on any atom is 0.339 e. The molecule has 6 rings (SSSR count). The summed E-state index contributed by atoms with van der Waals surface area (Å²) >= 11 is 3.42. The number of rotatable bonds is 6. The fraction of sp³-hybridized carbons (Fsp3) is 0.333. The Kier molecular flexibility index (Phi) is 6.43. The van der Waals surface area contributed by atoms with Crippen LogP contribution in [0.25, 0.3) is 5.69 Å². The van der Waals surface area contributed by atoms with Crippen LogP contribution >= 0.6 is 15.9 Å². The van der Waals surface area contributed by atoms with Crippen LogP contribution in [0.4, 0.5) is 0 Å². The molecule has 0 bridgehead atoms. The molecule has 0 amide bonds. The van der Waals surface area contributed by atoms with Crippen molar-refractivity contribution in [1.82, 2.24) is 29.1 Å². The van der Waals surface area contributed by atoms with Crippen molar-refractivity contribution < 1.29 is 18.3 Å². The first kappa shape index (κ1) is 25.9. The van der Waals surface area contributed by atoms with E-state index >= 15 is 0 Å². The fourth-order valence-corrected chi connectivity index (χ4v) is 7.87. The number of halogens is 1. The van der Waals surface area contributed by atoms with Crippen molar-refractivity contribution in [3.8, 4) is 5.69 Å². The minimum atomic E-state index is -3.72. The van der Waals surface area contributed by atoms with Gasteiger partial charge in [-0.05, 0) is 54.2 Å². The highest BCUT2D eigenvalue weighted by atomic mass is 79.9. The molecule has 3 atom stereocenters. The first-order chi connectivity index (χ1) is 18.6. The molecule has 2 aromatic heterocycles. The number of nitrogens with zero attached hydrogens (tertiary/aromatic N) is 6. The second kappa shape index (κ2) is 9.68. The molecular weight excluding hydrogens is 584 g/mol. The van der Waals surface area contributed by atoms with Crippen molar-refractivity contribution in [1.29, 1.82) is 0 Å². The maximum atomic E-state index is 13.7. The molecule has 1 aliphatic heterocycles. The van der Waals surface area contributed by atoms with Gasteiger partial charge in [0.1, 0.15) is 5.56 Å². The van der Waals surface area contributed by atoms with Crippen LogP contribution in [0.1, 0.15) is 58.1 Å². The van der Waals surface area contributed by atoms with Gasteiger partial charge in [-0.2, -0.15) is 9.40 Å². The van der Waals surface area contributed by atoms with Crippen LogP contribution in [-0.4, -0.2) is 55.1 Å². The summed E-state index contributed by atoms with van der Waals surface area (Å²) in [7, 11) is -1.92. The molecule has 202 valence electrons. The van der Waals surface area contributed by atoms with Gasteiger partial charge in [-0.1, -0.05) is 46.3 Å². The van der Waals surface area contributed by atoms with Gasteiger partial charge in [0, 0.05) is 42.6 Å². The normalized spacial score (nSPS) is 22.3. The Morgan fingerprint density at radius 2 is 2.00 bits per heavy atom. The van der Waals surface area contributed by atoms with Crippen molar-refractivity contribution in [3.63, 3.8) is 0 Å². The smallest absolute Gasteiger partial charge is 0.339 e. The van der Waals surface area contributed by atoms with E-state index in [1.807, 2.05) is 42.6 Å². The molecule has 1 saturated carbocycles. The Hall–Kier alpha value is -3.35. The number of sulfonamides is 1. The van der Waals surface area contributed by atoms with Gasteiger partial charge in [-0.25, -0.2) is 17.9 Å². The van der Waals surface area contributed by atoms with Crippen LogP contribution < -0.4 is 0 Å². The average Bonchev–Trinajstić information content (AvgIpc) is 3.36. The number of aromatic nitrogens is 5. The van der Waals surface area contributed by atoms with Gasteiger partial charge in [0.25, 0.3) is 0 Å². The highest BCUT2D eigenvalue weighted by Crippen LogP contribution is 2.55. The third-order valence-electron chi connectivity index (χ3n) is 7.42. The fourth-order valence-electron chi connectivity index (χ4n) is 5.55. The molecule has 1 unspecified atom stereocenters. The molecule has 0 saturated heterocycles. The van der Waals surface area contributed by atoms with Crippen LogP contribution in [0, 0.1) is 5.92 Å². The number of aromatic carboxylic acids is 1. The van der Waals surface area contributed by atoms with Crippen LogP contribution in [0.2, 0.25) is 0 Å². The summed E-state index contributed by atoms with van der Waals surface area (Å²) in [4.78, 5) is 12.4. The summed E-state index contributed by atoms with van der Waals surface area (Å²) in [5.41, 5.74) is 3.90. The summed E-state index contributed by atoms with van der Waals surface area (Å²) in [5.74, 6) is -0.875. The van der Waals surface area contributed by atoms with E-state index in [9.17, 15) is 18.3 Å². The molecule has 2 aromatic carbocycles. The molecular formula is C27H27BrN6O4S. The van der Waals surface area contributed by atoms with Crippen molar-refractivity contribution in [2.24, 2.45) is 13.0 Å². The van der Waals surface area contributed by atoms with Crippen molar-refractivity contribution in [2.75, 3.05) is 6.54 Å². The number of fused-ring (bicyclic) bond motifs is 1. The molecule has 2 aliphatic rings. The lowest BCUT2D eigenvalue weighted by Crippen LogP contribution is -2.32. The minimum absolute atomic E-state index is 0.0549. The molecule has 12 heteroatoms. The van der Waals surface area contributed by atoms with Crippen LogP contribution in [-0.2, 0) is 30.0 Å². The van der Waals surface area contributed by atoms with Crippen molar-refractivity contribution in [3.05, 3.63) is 87.4 Å². The molecule has 1 aliphatic carbocycles. The Morgan fingerprint density at radius 3 is 2.74 bits per heavy atom. The van der Waals surface area contributed by atoms with Gasteiger partial charge in [0.2, 0.25) is 10.0 Å². The van der Waals surface area contributed by atoms with E-state index in [2.05, 4.69) is 38.3 Å². The lowest BCUT2D eigenvalue weighted by molar-refractivity contribution is 0.0695. The third kappa shape index (κ3) is 4.81. The molecule has 4 aromatic rings. The number of benzene rings is 2. The topological polar surface area (TPSA) is 123 Å². The van der Waals surface area contributed by atoms with E-state index in [1.54, 1.807) is 22.5 Å². The molecule has 3 heterocycles. The molecule has 10 nitrogen and oxygen atoms in total. The summed E-state index contributed by atoms with van der Waals surface area (Å²) < 4.78 is 32.9. The number of carboxylic acid groups (broad SMARTS) is 1. The van der Waals surface area contributed by atoms with E-state index in [0.717, 1.165) is 27.7 Å². The van der Waals surface area contributed by atoms with E-state index in [4.69, 9.17) is 0 Å². The standard InChI is InChI=1S/C27H27BrN6O4S/c1-16-8-18-6-7-19(28)10-25(18)39(37,38)33(13-16)14-17-4-3-5-20(9-17)34-26(23(12-29-34)27(35)36)22-11-21(22)24-15-32(2)31-30-24/h3-7,9-10,12,15-16,21-22H,8,11,13-14H2,1-2H3,(H,35,36)/t16?,21-,22-/m1/s1. The Morgan fingerprint density at radius 1 is 1.18 bits per heavy atom.